The van der Waals surface area contributed by atoms with Crippen LogP contribution in [0, 0.1) is 0 Å². The van der Waals surface area contributed by atoms with Crippen molar-refractivity contribution >= 4 is 23.2 Å². The van der Waals surface area contributed by atoms with Crippen LogP contribution in [0.4, 0.5) is 0 Å². The molecular weight excluding hydrogens is 269 g/mol. The molecule has 2 rings (SSSR count). The summed E-state index contributed by atoms with van der Waals surface area (Å²) in [5, 5.41) is 4.27. The van der Waals surface area contributed by atoms with Gasteiger partial charge in [-0.25, -0.2) is 0 Å². The van der Waals surface area contributed by atoms with E-state index in [1.807, 2.05) is 31.3 Å². The molecule has 0 spiro atoms. The average molecular weight is 284 g/mol. The van der Waals surface area contributed by atoms with Crippen LogP contribution < -0.4 is 5.32 Å². The normalized spacial score (nSPS) is 12.7. The van der Waals surface area contributed by atoms with Gasteiger partial charge < -0.3 is 9.73 Å². The van der Waals surface area contributed by atoms with Crippen molar-refractivity contribution in [3.05, 3.63) is 46.1 Å². The second-order valence-corrected chi connectivity index (χ2v) is 5.10. The van der Waals surface area contributed by atoms with Gasteiger partial charge in [0.15, 0.2) is 0 Å². The summed E-state index contributed by atoms with van der Waals surface area (Å²) < 4.78 is 5.80. The maximum Gasteiger partial charge on any atom is 0.134 e. The SMILES string of the molecule is CNC(C)Cc1ccc(-c2ccc(Cl)c(Cl)c2)o1. The summed E-state index contributed by atoms with van der Waals surface area (Å²) in [6.07, 6.45) is 0.859. The highest BCUT2D eigenvalue weighted by atomic mass is 35.5. The lowest BCUT2D eigenvalue weighted by Gasteiger charge is -2.06. The highest BCUT2D eigenvalue weighted by Gasteiger charge is 2.09. The van der Waals surface area contributed by atoms with Crippen LogP contribution >= 0.6 is 23.2 Å². The lowest BCUT2D eigenvalue weighted by atomic mass is 10.2. The van der Waals surface area contributed by atoms with Crippen LogP contribution in [0.1, 0.15) is 12.7 Å². The zero-order valence-corrected chi connectivity index (χ0v) is 11.8. The number of hydrogen-bond donors (Lipinski definition) is 1. The molecule has 0 fully saturated rings. The molecule has 4 heteroatoms. The van der Waals surface area contributed by atoms with Crippen LogP contribution in [0.25, 0.3) is 11.3 Å². The number of halogens is 2. The average Bonchev–Trinajstić information content (AvgIpc) is 2.81. The van der Waals surface area contributed by atoms with Crippen molar-refractivity contribution in [3.63, 3.8) is 0 Å². The van der Waals surface area contributed by atoms with Gasteiger partial charge in [0, 0.05) is 18.0 Å². The van der Waals surface area contributed by atoms with Crippen molar-refractivity contribution in [1.29, 1.82) is 0 Å². The lowest BCUT2D eigenvalue weighted by molar-refractivity contribution is 0.481. The van der Waals surface area contributed by atoms with Crippen LogP contribution in [0.5, 0.6) is 0 Å². The Labute approximate surface area is 117 Å². The van der Waals surface area contributed by atoms with E-state index in [2.05, 4.69) is 12.2 Å². The maximum atomic E-state index is 5.99. The molecule has 2 nitrogen and oxygen atoms in total. The molecule has 0 amide bonds. The Morgan fingerprint density at radius 1 is 1.17 bits per heavy atom. The van der Waals surface area contributed by atoms with E-state index in [0.717, 1.165) is 23.5 Å². The van der Waals surface area contributed by atoms with Gasteiger partial charge in [-0.1, -0.05) is 23.2 Å². The molecule has 0 aliphatic heterocycles. The summed E-state index contributed by atoms with van der Waals surface area (Å²) in [4.78, 5) is 0. The first-order chi connectivity index (χ1) is 8.60. The molecule has 0 bridgehead atoms. The van der Waals surface area contributed by atoms with Gasteiger partial charge in [0.2, 0.25) is 0 Å². The summed E-state index contributed by atoms with van der Waals surface area (Å²) in [6, 6.07) is 9.82. The number of likely N-dealkylation sites (N-methyl/N-ethyl adjacent to an activating group) is 1. The predicted molar refractivity (Wildman–Crippen MR) is 76.4 cm³/mol. The Kier molecular flexibility index (Phi) is 4.33. The number of rotatable bonds is 4. The minimum Gasteiger partial charge on any atom is -0.461 e. The summed E-state index contributed by atoms with van der Waals surface area (Å²) in [7, 11) is 1.94. The summed E-state index contributed by atoms with van der Waals surface area (Å²) >= 11 is 11.9. The zero-order chi connectivity index (χ0) is 13.1. The molecule has 1 aromatic heterocycles. The first-order valence-corrected chi connectivity index (χ1v) is 6.57. The van der Waals surface area contributed by atoms with Crippen LogP contribution in [-0.2, 0) is 6.42 Å². The highest BCUT2D eigenvalue weighted by Crippen LogP contribution is 2.29. The number of nitrogens with one attached hydrogen (secondary N) is 1. The van der Waals surface area contributed by atoms with Crippen molar-refractivity contribution in [2.24, 2.45) is 0 Å². The summed E-state index contributed by atoms with van der Waals surface area (Å²) in [5.74, 6) is 1.77. The second-order valence-electron chi connectivity index (χ2n) is 4.29. The number of hydrogen-bond acceptors (Lipinski definition) is 2. The minimum absolute atomic E-state index is 0.387. The van der Waals surface area contributed by atoms with Crippen LogP contribution in [-0.4, -0.2) is 13.1 Å². The Hall–Kier alpha value is -0.960. The molecule has 1 heterocycles. The van der Waals surface area contributed by atoms with E-state index in [1.54, 1.807) is 6.07 Å². The molecule has 2 aromatic rings. The predicted octanol–water partition coefficient (Wildman–Crippen LogP) is 4.40. The van der Waals surface area contributed by atoms with E-state index in [9.17, 15) is 0 Å². The molecule has 0 saturated heterocycles. The van der Waals surface area contributed by atoms with E-state index in [-0.39, 0.29) is 0 Å². The van der Waals surface area contributed by atoms with Gasteiger partial charge in [0.05, 0.1) is 10.0 Å². The van der Waals surface area contributed by atoms with Gasteiger partial charge in [-0.05, 0) is 44.3 Å². The molecule has 0 aliphatic carbocycles. The third-order valence-electron chi connectivity index (χ3n) is 2.87. The van der Waals surface area contributed by atoms with Crippen molar-refractivity contribution in [1.82, 2.24) is 5.32 Å². The van der Waals surface area contributed by atoms with Crippen LogP contribution in [0.3, 0.4) is 0 Å². The van der Waals surface area contributed by atoms with Crippen LogP contribution in [0.15, 0.2) is 34.7 Å². The smallest absolute Gasteiger partial charge is 0.134 e. The molecular formula is C14H15Cl2NO. The van der Waals surface area contributed by atoms with Gasteiger partial charge in [-0.15, -0.1) is 0 Å². The van der Waals surface area contributed by atoms with E-state index < -0.39 is 0 Å². The quantitative estimate of drug-likeness (QED) is 0.900. The molecule has 0 radical (unpaired) electrons. The Balaban J connectivity index is 2.21. The third kappa shape index (κ3) is 3.08. The Morgan fingerprint density at radius 2 is 1.94 bits per heavy atom. The van der Waals surface area contributed by atoms with Crippen molar-refractivity contribution in [2.45, 2.75) is 19.4 Å². The lowest BCUT2D eigenvalue weighted by Crippen LogP contribution is -2.23. The van der Waals surface area contributed by atoms with E-state index in [0.29, 0.717) is 16.1 Å². The van der Waals surface area contributed by atoms with Crippen molar-refractivity contribution < 1.29 is 4.42 Å². The first-order valence-electron chi connectivity index (χ1n) is 5.81. The van der Waals surface area contributed by atoms with Gasteiger partial charge in [-0.3, -0.25) is 0 Å². The molecule has 1 aromatic carbocycles. The molecule has 1 N–H and O–H groups in total. The largest absolute Gasteiger partial charge is 0.461 e. The van der Waals surface area contributed by atoms with E-state index >= 15 is 0 Å². The van der Waals surface area contributed by atoms with Crippen molar-refractivity contribution in [3.8, 4) is 11.3 Å². The maximum absolute atomic E-state index is 5.99. The van der Waals surface area contributed by atoms with Crippen LogP contribution in [0.2, 0.25) is 10.0 Å². The monoisotopic (exact) mass is 283 g/mol. The van der Waals surface area contributed by atoms with Crippen molar-refractivity contribution in [2.75, 3.05) is 7.05 Å². The van der Waals surface area contributed by atoms with Gasteiger partial charge >= 0.3 is 0 Å². The number of furan rings is 1. The second kappa shape index (κ2) is 5.79. The van der Waals surface area contributed by atoms with Gasteiger partial charge in [-0.2, -0.15) is 0 Å². The fourth-order valence-corrected chi connectivity index (χ4v) is 1.99. The molecule has 1 atom stereocenters. The zero-order valence-electron chi connectivity index (χ0n) is 10.3. The Morgan fingerprint density at radius 3 is 2.61 bits per heavy atom. The van der Waals surface area contributed by atoms with E-state index in [4.69, 9.17) is 27.6 Å². The molecule has 1 unspecified atom stereocenters. The standard InChI is InChI=1S/C14H15Cl2NO/c1-9(17-2)7-11-4-6-14(18-11)10-3-5-12(15)13(16)8-10/h3-6,8-9,17H,7H2,1-2H3. The molecule has 96 valence electrons. The summed E-state index contributed by atoms with van der Waals surface area (Å²) in [6.45, 7) is 2.11. The highest BCUT2D eigenvalue weighted by molar-refractivity contribution is 6.42. The van der Waals surface area contributed by atoms with Gasteiger partial charge in [0.1, 0.15) is 11.5 Å². The third-order valence-corrected chi connectivity index (χ3v) is 3.60. The molecule has 0 saturated carbocycles. The summed E-state index contributed by atoms with van der Waals surface area (Å²) in [5.41, 5.74) is 0.938. The fourth-order valence-electron chi connectivity index (χ4n) is 1.70. The molecule has 0 aliphatic rings. The fraction of sp³-hybridized carbons (Fsp3) is 0.286. The first kappa shape index (κ1) is 13.5. The minimum atomic E-state index is 0.387. The Bertz CT molecular complexity index is 536. The number of benzene rings is 1. The topological polar surface area (TPSA) is 25.2 Å². The van der Waals surface area contributed by atoms with Gasteiger partial charge in [0.25, 0.3) is 0 Å². The molecule has 18 heavy (non-hydrogen) atoms. The van der Waals surface area contributed by atoms with E-state index in [1.165, 1.54) is 0 Å².